The first-order valence-electron chi connectivity index (χ1n) is 10.1. The van der Waals surface area contributed by atoms with Gasteiger partial charge in [-0.25, -0.2) is 12.8 Å². The maximum absolute atomic E-state index is 13.3. The third kappa shape index (κ3) is 6.07. The van der Waals surface area contributed by atoms with E-state index >= 15 is 0 Å². The van der Waals surface area contributed by atoms with Crippen molar-refractivity contribution in [2.75, 3.05) is 17.2 Å². The lowest BCUT2D eigenvalue weighted by Crippen LogP contribution is -2.30. The molecule has 32 heavy (non-hydrogen) atoms. The highest BCUT2D eigenvalue weighted by atomic mass is 32.2. The number of rotatable bonds is 9. The van der Waals surface area contributed by atoms with Crippen LogP contribution in [0, 0.1) is 5.82 Å². The summed E-state index contributed by atoms with van der Waals surface area (Å²) in [4.78, 5) is 12.7. The number of ether oxygens (including phenoxy) is 1. The third-order valence-electron chi connectivity index (χ3n) is 4.75. The zero-order valence-corrected chi connectivity index (χ0v) is 18.7. The zero-order chi connectivity index (χ0) is 23.1. The summed E-state index contributed by atoms with van der Waals surface area (Å²) >= 11 is 0. The van der Waals surface area contributed by atoms with Gasteiger partial charge in [-0.05, 0) is 55.0 Å². The smallest absolute Gasteiger partial charge is 0.251 e. The van der Waals surface area contributed by atoms with Crippen LogP contribution in [0.1, 0.15) is 28.4 Å². The Kier molecular flexibility index (Phi) is 7.48. The number of anilines is 1. The van der Waals surface area contributed by atoms with E-state index in [4.69, 9.17) is 4.74 Å². The van der Waals surface area contributed by atoms with Crippen LogP contribution in [0.2, 0.25) is 0 Å². The lowest BCUT2D eigenvalue weighted by Gasteiger charge is -2.24. The first kappa shape index (κ1) is 23.3. The van der Waals surface area contributed by atoms with Gasteiger partial charge < -0.3 is 10.1 Å². The Hall–Kier alpha value is -3.39. The van der Waals surface area contributed by atoms with Crippen LogP contribution in [0.4, 0.5) is 10.1 Å². The van der Waals surface area contributed by atoms with Crippen molar-refractivity contribution in [3.8, 4) is 5.75 Å². The molecule has 0 bridgehead atoms. The minimum atomic E-state index is -3.69. The van der Waals surface area contributed by atoms with Gasteiger partial charge in [0.2, 0.25) is 10.0 Å². The van der Waals surface area contributed by atoms with E-state index in [0.29, 0.717) is 35.7 Å². The summed E-state index contributed by atoms with van der Waals surface area (Å²) in [6.45, 7) is 2.49. The van der Waals surface area contributed by atoms with Gasteiger partial charge in [0.25, 0.3) is 5.91 Å². The second-order valence-corrected chi connectivity index (χ2v) is 9.08. The molecule has 3 aromatic rings. The number of hydrogen-bond donors (Lipinski definition) is 1. The summed E-state index contributed by atoms with van der Waals surface area (Å²) in [7, 11) is -3.69. The number of nitrogens with one attached hydrogen (secondary N) is 1. The van der Waals surface area contributed by atoms with Crippen LogP contribution >= 0.6 is 0 Å². The quantitative estimate of drug-likeness (QED) is 0.526. The van der Waals surface area contributed by atoms with Gasteiger partial charge in [-0.3, -0.25) is 9.10 Å². The Morgan fingerprint density at radius 2 is 1.72 bits per heavy atom. The van der Waals surface area contributed by atoms with E-state index in [9.17, 15) is 17.6 Å². The molecule has 0 aliphatic heterocycles. The second kappa shape index (κ2) is 10.3. The number of amides is 1. The minimum Gasteiger partial charge on any atom is -0.494 e. The van der Waals surface area contributed by atoms with Crippen LogP contribution in [0.25, 0.3) is 0 Å². The Bertz CT molecular complexity index is 1170. The molecule has 6 nitrogen and oxygen atoms in total. The van der Waals surface area contributed by atoms with Crippen molar-refractivity contribution in [1.82, 2.24) is 5.32 Å². The van der Waals surface area contributed by atoms with Crippen LogP contribution in [-0.2, 0) is 23.1 Å². The van der Waals surface area contributed by atoms with Crippen molar-refractivity contribution < 1.29 is 22.3 Å². The number of hydrogen-bond acceptors (Lipinski definition) is 4. The van der Waals surface area contributed by atoms with Gasteiger partial charge in [-0.2, -0.15) is 0 Å². The van der Waals surface area contributed by atoms with Crippen LogP contribution in [0.5, 0.6) is 5.75 Å². The van der Waals surface area contributed by atoms with Crippen molar-refractivity contribution in [1.29, 1.82) is 0 Å². The summed E-state index contributed by atoms with van der Waals surface area (Å²) in [5.41, 5.74) is 2.18. The molecule has 0 aromatic heterocycles. The Morgan fingerprint density at radius 3 is 2.34 bits per heavy atom. The Labute approximate surface area is 187 Å². The van der Waals surface area contributed by atoms with Gasteiger partial charge in [0.15, 0.2) is 0 Å². The maximum Gasteiger partial charge on any atom is 0.251 e. The molecule has 168 valence electrons. The monoisotopic (exact) mass is 456 g/mol. The topological polar surface area (TPSA) is 75.7 Å². The number of benzene rings is 3. The normalized spacial score (nSPS) is 11.1. The van der Waals surface area contributed by atoms with Gasteiger partial charge >= 0.3 is 0 Å². The molecule has 0 radical (unpaired) electrons. The van der Waals surface area contributed by atoms with Crippen molar-refractivity contribution >= 4 is 21.6 Å². The molecule has 0 heterocycles. The zero-order valence-electron chi connectivity index (χ0n) is 17.9. The van der Waals surface area contributed by atoms with E-state index in [1.165, 1.54) is 24.3 Å². The highest BCUT2D eigenvalue weighted by Crippen LogP contribution is 2.27. The van der Waals surface area contributed by atoms with E-state index in [1.54, 1.807) is 18.2 Å². The van der Waals surface area contributed by atoms with Crippen LogP contribution < -0.4 is 14.4 Å². The molecule has 0 saturated carbocycles. The summed E-state index contributed by atoms with van der Waals surface area (Å²) in [5.74, 6) is -0.275. The lowest BCUT2D eigenvalue weighted by molar-refractivity contribution is 0.0950. The van der Waals surface area contributed by atoms with E-state index in [1.807, 2.05) is 37.3 Å². The van der Waals surface area contributed by atoms with Crippen LogP contribution in [-0.4, -0.2) is 27.2 Å². The average Bonchev–Trinajstić information content (AvgIpc) is 2.77. The number of sulfonamides is 1. The molecule has 1 N–H and O–H groups in total. The van der Waals surface area contributed by atoms with Crippen LogP contribution in [0.15, 0.2) is 72.8 Å². The SMILES string of the molecule is CCOc1ccc(C(=O)NCc2ccccc2)cc1CN(c1ccc(F)cc1)S(C)(=O)=O. The van der Waals surface area contributed by atoms with Crippen molar-refractivity contribution in [3.63, 3.8) is 0 Å². The van der Waals surface area contributed by atoms with Crippen molar-refractivity contribution in [3.05, 3.63) is 95.3 Å². The minimum absolute atomic E-state index is 0.0698. The Balaban J connectivity index is 1.89. The first-order chi connectivity index (χ1) is 15.3. The molecule has 0 spiro atoms. The molecule has 0 atom stereocenters. The summed E-state index contributed by atoms with van der Waals surface area (Å²) in [6.07, 6.45) is 1.08. The van der Waals surface area contributed by atoms with Crippen molar-refractivity contribution in [2.24, 2.45) is 0 Å². The predicted octanol–water partition coefficient (Wildman–Crippen LogP) is 4.12. The van der Waals surface area contributed by atoms with E-state index in [0.717, 1.165) is 16.1 Å². The predicted molar refractivity (Wildman–Crippen MR) is 123 cm³/mol. The summed E-state index contributed by atoms with van der Waals surface area (Å²) in [6, 6.07) is 19.6. The molecule has 1 amide bonds. The molecule has 0 unspecified atom stereocenters. The molecule has 0 aliphatic carbocycles. The van der Waals surface area contributed by atoms with Gasteiger partial charge in [-0.15, -0.1) is 0 Å². The molecule has 3 aromatic carbocycles. The van der Waals surface area contributed by atoms with Gasteiger partial charge in [0.1, 0.15) is 11.6 Å². The van der Waals surface area contributed by atoms with Gasteiger partial charge in [0.05, 0.1) is 25.1 Å². The van der Waals surface area contributed by atoms with Gasteiger partial charge in [0, 0.05) is 17.7 Å². The van der Waals surface area contributed by atoms with E-state index in [-0.39, 0.29) is 12.5 Å². The average molecular weight is 457 g/mol. The van der Waals surface area contributed by atoms with Crippen molar-refractivity contribution in [2.45, 2.75) is 20.0 Å². The molecule has 0 aliphatic rings. The highest BCUT2D eigenvalue weighted by Gasteiger charge is 2.21. The van der Waals surface area contributed by atoms with Gasteiger partial charge in [-0.1, -0.05) is 30.3 Å². The van der Waals surface area contributed by atoms with E-state index < -0.39 is 15.8 Å². The largest absolute Gasteiger partial charge is 0.494 e. The standard InChI is InChI=1S/C24H25FN2O4S/c1-3-31-23-14-9-19(24(28)26-16-18-7-5-4-6-8-18)15-20(23)17-27(32(2,29)30)22-12-10-21(25)11-13-22/h4-15H,3,16-17H2,1-2H3,(H,26,28). The molecular formula is C24H25FN2O4S. The van der Waals surface area contributed by atoms with E-state index in [2.05, 4.69) is 5.32 Å². The number of carbonyl (C=O) groups excluding carboxylic acids is 1. The fourth-order valence-corrected chi connectivity index (χ4v) is 4.06. The summed E-state index contributed by atoms with van der Waals surface area (Å²) < 4.78 is 45.1. The highest BCUT2D eigenvalue weighted by molar-refractivity contribution is 7.92. The van der Waals surface area contributed by atoms with Crippen LogP contribution in [0.3, 0.4) is 0 Å². The Morgan fingerprint density at radius 1 is 1.03 bits per heavy atom. The number of nitrogens with zero attached hydrogens (tertiary/aromatic N) is 1. The number of carbonyl (C=O) groups is 1. The molecule has 8 heteroatoms. The summed E-state index contributed by atoms with van der Waals surface area (Å²) in [5, 5.41) is 2.86. The first-order valence-corrected chi connectivity index (χ1v) is 11.9. The fraction of sp³-hybridized carbons (Fsp3) is 0.208. The molecule has 3 rings (SSSR count). The number of halogens is 1. The second-order valence-electron chi connectivity index (χ2n) is 7.17. The molecular weight excluding hydrogens is 431 g/mol. The molecule has 0 fully saturated rings. The third-order valence-corrected chi connectivity index (χ3v) is 5.89. The fourth-order valence-electron chi connectivity index (χ4n) is 3.18. The lowest BCUT2D eigenvalue weighted by atomic mass is 10.1. The maximum atomic E-state index is 13.3. The molecule has 0 saturated heterocycles.